The molecule has 0 radical (unpaired) electrons. The molecule has 0 aliphatic carbocycles. The first-order valence-corrected chi connectivity index (χ1v) is 6.68. The molecule has 5 nitrogen and oxygen atoms in total. The van der Waals surface area contributed by atoms with Crippen LogP contribution in [0.3, 0.4) is 0 Å². The van der Waals surface area contributed by atoms with Crippen molar-refractivity contribution in [2.45, 2.75) is 24.8 Å². The Morgan fingerprint density at radius 2 is 1.91 bits per heavy atom. The molecule has 0 unspecified atom stereocenters. The maximum Gasteiger partial charge on any atom is 0.414 e. The maximum absolute atomic E-state index is 12.1. The van der Waals surface area contributed by atoms with Gasteiger partial charge in [-0.2, -0.15) is 13.2 Å². The van der Waals surface area contributed by atoms with Crippen molar-refractivity contribution in [3.63, 3.8) is 0 Å². The van der Waals surface area contributed by atoms with Crippen molar-refractivity contribution in [3.8, 4) is 0 Å². The zero-order valence-electron chi connectivity index (χ0n) is 12.1. The van der Waals surface area contributed by atoms with E-state index in [9.17, 15) is 18.0 Å². The SMILES string of the molecule is CO[C@H](CNC(=O)NCC[C@@H](O)C(F)(F)F)c1ccccc1. The Hall–Kier alpha value is -1.80. The van der Waals surface area contributed by atoms with E-state index in [1.54, 1.807) is 0 Å². The fourth-order valence-electron chi connectivity index (χ4n) is 1.74. The molecule has 22 heavy (non-hydrogen) atoms. The predicted octanol–water partition coefficient (Wildman–Crippen LogP) is 1.99. The van der Waals surface area contributed by atoms with E-state index in [2.05, 4.69) is 10.6 Å². The van der Waals surface area contributed by atoms with Crippen LogP contribution in [0.5, 0.6) is 0 Å². The van der Waals surface area contributed by atoms with E-state index in [4.69, 9.17) is 9.84 Å². The third-order valence-electron chi connectivity index (χ3n) is 2.99. The number of methoxy groups -OCH3 is 1. The maximum atomic E-state index is 12.1. The van der Waals surface area contributed by atoms with Crippen LogP contribution in [-0.4, -0.2) is 43.6 Å². The van der Waals surface area contributed by atoms with Gasteiger partial charge in [-0.1, -0.05) is 30.3 Å². The molecule has 8 heteroatoms. The number of alkyl halides is 3. The van der Waals surface area contributed by atoms with Crippen LogP contribution in [0.1, 0.15) is 18.1 Å². The molecule has 0 aliphatic rings. The highest BCUT2D eigenvalue weighted by Crippen LogP contribution is 2.21. The molecular formula is C14H19F3N2O3. The van der Waals surface area contributed by atoms with Crippen molar-refractivity contribution >= 4 is 6.03 Å². The summed E-state index contributed by atoms with van der Waals surface area (Å²) in [6.45, 7) is -0.107. The molecule has 0 fully saturated rings. The minimum Gasteiger partial charge on any atom is -0.384 e. The van der Waals surface area contributed by atoms with Crippen LogP contribution in [0.25, 0.3) is 0 Å². The number of nitrogens with one attached hydrogen (secondary N) is 2. The first-order chi connectivity index (χ1) is 10.3. The first kappa shape index (κ1) is 18.2. The van der Waals surface area contributed by atoms with E-state index < -0.39 is 24.7 Å². The molecule has 0 bridgehead atoms. The highest BCUT2D eigenvalue weighted by molar-refractivity contribution is 5.73. The van der Waals surface area contributed by atoms with E-state index in [1.165, 1.54) is 7.11 Å². The van der Waals surface area contributed by atoms with Crippen LogP contribution in [-0.2, 0) is 4.74 Å². The van der Waals surface area contributed by atoms with Gasteiger partial charge in [0.25, 0.3) is 0 Å². The molecule has 0 spiro atoms. The summed E-state index contributed by atoms with van der Waals surface area (Å²) in [4.78, 5) is 11.5. The van der Waals surface area contributed by atoms with Gasteiger partial charge in [0.05, 0.1) is 6.10 Å². The second-order valence-electron chi connectivity index (χ2n) is 4.62. The lowest BCUT2D eigenvalue weighted by molar-refractivity contribution is -0.204. The molecule has 1 rings (SSSR count). The van der Waals surface area contributed by atoms with Gasteiger partial charge in [-0.05, 0) is 12.0 Å². The molecule has 1 aromatic carbocycles. The van der Waals surface area contributed by atoms with Gasteiger partial charge in [0.1, 0.15) is 0 Å². The predicted molar refractivity (Wildman–Crippen MR) is 74.3 cm³/mol. The Balaban J connectivity index is 2.30. The lowest BCUT2D eigenvalue weighted by Gasteiger charge is -2.17. The summed E-state index contributed by atoms with van der Waals surface area (Å²) in [5.74, 6) is 0. The van der Waals surface area contributed by atoms with E-state index in [1.807, 2.05) is 30.3 Å². The number of benzene rings is 1. The summed E-state index contributed by atoms with van der Waals surface area (Å²) in [6, 6.07) is 8.58. The second kappa shape index (κ2) is 8.60. The normalized spacial score (nSPS) is 14.2. The van der Waals surface area contributed by atoms with Gasteiger partial charge in [0.2, 0.25) is 0 Å². The summed E-state index contributed by atoms with van der Waals surface area (Å²) in [6.07, 6.45) is -8.06. The van der Waals surface area contributed by atoms with Crippen LogP contribution in [0.4, 0.5) is 18.0 Å². The molecule has 0 saturated heterocycles. The van der Waals surface area contributed by atoms with Crippen molar-refractivity contribution in [1.82, 2.24) is 10.6 Å². The number of carbonyl (C=O) groups is 1. The van der Waals surface area contributed by atoms with Gasteiger partial charge in [-0.25, -0.2) is 4.79 Å². The number of halogens is 3. The summed E-state index contributed by atoms with van der Waals surface area (Å²) in [5, 5.41) is 13.5. The van der Waals surface area contributed by atoms with Crippen molar-refractivity contribution in [3.05, 3.63) is 35.9 Å². The van der Waals surface area contributed by atoms with Crippen LogP contribution in [0, 0.1) is 0 Å². The molecule has 1 aromatic rings. The van der Waals surface area contributed by atoms with E-state index in [-0.39, 0.29) is 19.2 Å². The minimum atomic E-state index is -4.67. The van der Waals surface area contributed by atoms with Gasteiger partial charge in [-0.3, -0.25) is 0 Å². The van der Waals surface area contributed by atoms with Crippen molar-refractivity contribution in [2.24, 2.45) is 0 Å². The Morgan fingerprint density at radius 3 is 2.45 bits per heavy atom. The summed E-state index contributed by atoms with van der Waals surface area (Å²) in [7, 11) is 1.50. The second-order valence-corrected chi connectivity index (χ2v) is 4.62. The summed E-state index contributed by atoms with van der Waals surface area (Å²) in [5.41, 5.74) is 0.873. The van der Waals surface area contributed by atoms with Crippen LogP contribution < -0.4 is 10.6 Å². The number of rotatable bonds is 7. The number of amides is 2. The number of ether oxygens (including phenoxy) is 1. The molecule has 0 heterocycles. The number of carbonyl (C=O) groups excluding carboxylic acids is 1. The number of hydrogen-bond donors (Lipinski definition) is 3. The molecule has 0 aromatic heterocycles. The van der Waals surface area contributed by atoms with E-state index >= 15 is 0 Å². The number of urea groups is 1. The van der Waals surface area contributed by atoms with Crippen LogP contribution in [0.15, 0.2) is 30.3 Å². The average molecular weight is 320 g/mol. The van der Waals surface area contributed by atoms with E-state index in [0.717, 1.165) is 5.56 Å². The van der Waals surface area contributed by atoms with Gasteiger partial charge in [-0.15, -0.1) is 0 Å². The molecule has 3 N–H and O–H groups in total. The fraction of sp³-hybridized carbons (Fsp3) is 0.500. The lowest BCUT2D eigenvalue weighted by Crippen LogP contribution is -2.40. The molecular weight excluding hydrogens is 301 g/mol. The minimum absolute atomic E-state index is 0.175. The molecule has 0 saturated carbocycles. The summed E-state index contributed by atoms with van der Waals surface area (Å²) >= 11 is 0. The van der Waals surface area contributed by atoms with Crippen molar-refractivity contribution in [2.75, 3.05) is 20.2 Å². The standard InChI is InChI=1S/C14H19F3N2O3/c1-22-11(10-5-3-2-4-6-10)9-19-13(21)18-8-7-12(20)14(15,16)17/h2-6,11-12,20H,7-9H2,1H3,(H2,18,19,21)/t11-,12-/m1/s1. The van der Waals surface area contributed by atoms with Crippen LogP contribution in [0.2, 0.25) is 0 Å². The topological polar surface area (TPSA) is 70.6 Å². The highest BCUT2D eigenvalue weighted by Gasteiger charge is 2.37. The lowest BCUT2D eigenvalue weighted by atomic mass is 10.1. The molecule has 2 amide bonds. The summed E-state index contributed by atoms with van der Waals surface area (Å²) < 4.78 is 41.4. The molecule has 124 valence electrons. The van der Waals surface area contributed by atoms with Gasteiger partial charge < -0.3 is 20.5 Å². The molecule has 0 aliphatic heterocycles. The van der Waals surface area contributed by atoms with Gasteiger partial charge >= 0.3 is 12.2 Å². The Morgan fingerprint density at radius 1 is 1.27 bits per heavy atom. The van der Waals surface area contributed by atoms with Gasteiger partial charge in [0.15, 0.2) is 6.10 Å². The number of aliphatic hydroxyl groups is 1. The zero-order valence-corrected chi connectivity index (χ0v) is 12.1. The third kappa shape index (κ3) is 6.31. The first-order valence-electron chi connectivity index (χ1n) is 6.68. The van der Waals surface area contributed by atoms with Crippen LogP contribution >= 0.6 is 0 Å². The van der Waals surface area contributed by atoms with Crippen molar-refractivity contribution < 1.29 is 27.8 Å². The number of hydrogen-bond acceptors (Lipinski definition) is 3. The molecule has 2 atom stereocenters. The quantitative estimate of drug-likeness (QED) is 0.719. The third-order valence-corrected chi connectivity index (χ3v) is 2.99. The Kier molecular flexibility index (Phi) is 7.13. The largest absolute Gasteiger partial charge is 0.414 e. The van der Waals surface area contributed by atoms with Crippen molar-refractivity contribution in [1.29, 1.82) is 0 Å². The smallest absolute Gasteiger partial charge is 0.384 e. The Labute approximate surface area is 126 Å². The zero-order chi connectivity index (χ0) is 16.6. The monoisotopic (exact) mass is 320 g/mol. The van der Waals surface area contributed by atoms with E-state index in [0.29, 0.717) is 0 Å². The Bertz CT molecular complexity index is 454. The highest BCUT2D eigenvalue weighted by atomic mass is 19.4. The number of aliphatic hydroxyl groups excluding tert-OH is 1. The fourth-order valence-corrected chi connectivity index (χ4v) is 1.74. The van der Waals surface area contributed by atoms with Gasteiger partial charge in [0, 0.05) is 20.2 Å². The average Bonchev–Trinajstić information content (AvgIpc) is 2.48.